The standard InChI is InChI=1S/C15H16ClN3/c1-11-4-2-5-14(16)13-9-12(18-15(13)8-11)10-19-7-3-6-17-19/h3-4,6-9,18H,2,5,10H2,1H3. The van der Waals surface area contributed by atoms with E-state index in [2.05, 4.69) is 35.2 Å². The highest BCUT2D eigenvalue weighted by Gasteiger charge is 2.04. The third-order valence-corrected chi connectivity index (χ3v) is 3.68. The lowest BCUT2D eigenvalue weighted by atomic mass is 10.1. The quantitative estimate of drug-likeness (QED) is 0.894. The zero-order chi connectivity index (χ0) is 13.2. The molecule has 1 aliphatic rings. The van der Waals surface area contributed by atoms with Gasteiger partial charge >= 0.3 is 0 Å². The lowest BCUT2D eigenvalue weighted by molar-refractivity contribution is 0.675. The van der Waals surface area contributed by atoms with E-state index < -0.39 is 0 Å². The van der Waals surface area contributed by atoms with Gasteiger partial charge in [0, 0.05) is 33.7 Å². The number of aromatic nitrogens is 3. The topological polar surface area (TPSA) is 33.6 Å². The van der Waals surface area contributed by atoms with Gasteiger partial charge in [-0.05, 0) is 38.0 Å². The van der Waals surface area contributed by atoms with Crippen molar-refractivity contribution in [2.75, 3.05) is 0 Å². The van der Waals surface area contributed by atoms with Crippen LogP contribution in [-0.4, -0.2) is 14.8 Å². The van der Waals surface area contributed by atoms with E-state index in [1.54, 1.807) is 6.20 Å². The van der Waals surface area contributed by atoms with Gasteiger partial charge in [-0.15, -0.1) is 0 Å². The molecule has 0 unspecified atom stereocenters. The zero-order valence-corrected chi connectivity index (χ0v) is 11.6. The maximum absolute atomic E-state index is 6.39. The highest BCUT2D eigenvalue weighted by atomic mass is 35.5. The van der Waals surface area contributed by atoms with Crippen LogP contribution in [0.1, 0.15) is 25.5 Å². The summed E-state index contributed by atoms with van der Waals surface area (Å²) in [6.45, 7) is 2.86. The van der Waals surface area contributed by atoms with E-state index in [0.717, 1.165) is 40.7 Å². The number of H-pyrrole nitrogens is 1. The fraction of sp³-hybridized carbons (Fsp3) is 0.267. The van der Waals surface area contributed by atoms with Crippen molar-refractivity contribution in [3.05, 3.63) is 52.4 Å². The maximum atomic E-state index is 6.39. The predicted octanol–water partition coefficient (Wildman–Crippen LogP) is 2.13. The molecule has 0 saturated heterocycles. The van der Waals surface area contributed by atoms with E-state index in [0.29, 0.717) is 0 Å². The molecule has 2 aromatic rings. The van der Waals surface area contributed by atoms with Gasteiger partial charge in [0.2, 0.25) is 0 Å². The molecule has 0 bridgehead atoms. The number of fused-ring (bicyclic) bond motifs is 1. The number of halogens is 1. The molecule has 2 heterocycles. The van der Waals surface area contributed by atoms with Crippen LogP contribution in [0.4, 0.5) is 0 Å². The molecule has 98 valence electrons. The van der Waals surface area contributed by atoms with Crippen LogP contribution >= 0.6 is 11.6 Å². The summed E-state index contributed by atoms with van der Waals surface area (Å²) < 4.78 is 1.90. The van der Waals surface area contributed by atoms with Crippen molar-refractivity contribution in [3.63, 3.8) is 0 Å². The fourth-order valence-corrected chi connectivity index (χ4v) is 2.63. The fourth-order valence-electron chi connectivity index (χ4n) is 2.37. The Balaban J connectivity index is 2.08. The lowest BCUT2D eigenvalue weighted by Crippen LogP contribution is -2.24. The summed E-state index contributed by atoms with van der Waals surface area (Å²) in [4.78, 5) is 3.44. The first-order valence-electron chi connectivity index (χ1n) is 6.45. The van der Waals surface area contributed by atoms with Crippen molar-refractivity contribution in [1.29, 1.82) is 0 Å². The van der Waals surface area contributed by atoms with Gasteiger partial charge in [-0.2, -0.15) is 5.10 Å². The molecule has 0 fully saturated rings. The molecule has 2 aromatic heterocycles. The minimum absolute atomic E-state index is 0.737. The minimum Gasteiger partial charge on any atom is -0.357 e. The lowest BCUT2D eigenvalue weighted by Gasteiger charge is -1.99. The molecule has 0 spiro atoms. The Bertz CT molecular complexity index is 720. The van der Waals surface area contributed by atoms with Gasteiger partial charge in [0.05, 0.1) is 6.54 Å². The van der Waals surface area contributed by atoms with Gasteiger partial charge in [0.1, 0.15) is 0 Å². The van der Waals surface area contributed by atoms with Crippen LogP contribution in [0.2, 0.25) is 0 Å². The highest BCUT2D eigenvalue weighted by molar-refractivity contribution is 6.45. The van der Waals surface area contributed by atoms with Crippen LogP contribution in [0.5, 0.6) is 0 Å². The zero-order valence-electron chi connectivity index (χ0n) is 10.9. The third-order valence-electron chi connectivity index (χ3n) is 3.29. The average molecular weight is 274 g/mol. The van der Waals surface area contributed by atoms with Gasteiger partial charge in [0.15, 0.2) is 0 Å². The molecule has 0 aliphatic heterocycles. The third kappa shape index (κ3) is 2.66. The highest BCUT2D eigenvalue weighted by Crippen LogP contribution is 2.13. The predicted molar refractivity (Wildman–Crippen MR) is 78.1 cm³/mol. The summed E-state index contributed by atoms with van der Waals surface area (Å²) in [6, 6.07) is 4.06. The second-order valence-corrected chi connectivity index (χ2v) is 5.32. The minimum atomic E-state index is 0.737. The molecule has 0 atom stereocenters. The number of nitrogens with one attached hydrogen (secondary N) is 1. The number of nitrogens with zero attached hydrogens (tertiary/aromatic N) is 2. The van der Waals surface area contributed by atoms with Gasteiger partial charge in [-0.3, -0.25) is 4.68 Å². The van der Waals surface area contributed by atoms with Gasteiger partial charge < -0.3 is 4.98 Å². The molecule has 0 aromatic carbocycles. The molecule has 0 amide bonds. The first-order chi connectivity index (χ1) is 9.22. The maximum Gasteiger partial charge on any atom is 0.0809 e. The molecule has 1 aliphatic carbocycles. The molecule has 19 heavy (non-hydrogen) atoms. The molecule has 1 N–H and O–H groups in total. The summed E-state index contributed by atoms with van der Waals surface area (Å²) >= 11 is 6.39. The van der Waals surface area contributed by atoms with Crippen LogP contribution in [0, 0.1) is 0 Å². The second kappa shape index (κ2) is 5.10. The van der Waals surface area contributed by atoms with Crippen molar-refractivity contribution >= 4 is 22.7 Å². The van der Waals surface area contributed by atoms with Crippen LogP contribution in [0.25, 0.3) is 11.1 Å². The number of rotatable bonds is 2. The number of hydrogen-bond acceptors (Lipinski definition) is 1. The van der Waals surface area contributed by atoms with Crippen LogP contribution in [0.15, 0.2) is 36.2 Å². The van der Waals surface area contributed by atoms with Crippen molar-refractivity contribution in [2.24, 2.45) is 0 Å². The van der Waals surface area contributed by atoms with Gasteiger partial charge in [0.25, 0.3) is 0 Å². The Morgan fingerprint density at radius 3 is 3.16 bits per heavy atom. The van der Waals surface area contributed by atoms with Gasteiger partial charge in [-0.25, -0.2) is 0 Å². The monoisotopic (exact) mass is 273 g/mol. The smallest absolute Gasteiger partial charge is 0.0809 e. The van der Waals surface area contributed by atoms with Crippen LogP contribution in [0.3, 0.4) is 0 Å². The van der Waals surface area contributed by atoms with Crippen molar-refractivity contribution < 1.29 is 0 Å². The van der Waals surface area contributed by atoms with E-state index in [-0.39, 0.29) is 0 Å². The van der Waals surface area contributed by atoms with Gasteiger partial charge in [-0.1, -0.05) is 23.3 Å². The Hall–Kier alpha value is -1.74. The Labute approximate surface area is 116 Å². The van der Waals surface area contributed by atoms with E-state index in [1.807, 2.05) is 16.9 Å². The van der Waals surface area contributed by atoms with E-state index >= 15 is 0 Å². The van der Waals surface area contributed by atoms with Crippen molar-refractivity contribution in [3.8, 4) is 0 Å². The molecular formula is C15H16ClN3. The Morgan fingerprint density at radius 1 is 1.47 bits per heavy atom. The van der Waals surface area contributed by atoms with E-state index in [1.165, 1.54) is 5.57 Å². The molecule has 3 nitrogen and oxygen atoms in total. The Morgan fingerprint density at radius 2 is 2.37 bits per heavy atom. The Kier molecular flexibility index (Phi) is 3.30. The van der Waals surface area contributed by atoms with E-state index in [9.17, 15) is 0 Å². The summed E-state index contributed by atoms with van der Waals surface area (Å²) in [5.41, 5.74) is 2.40. The molecular weight excluding hydrogens is 258 g/mol. The molecule has 0 radical (unpaired) electrons. The SMILES string of the molecule is CC1=CCCC(Cl)=c2cc(Cn3cccn3)[nH]c2=C1. The number of hydrogen-bond donors (Lipinski definition) is 1. The first kappa shape index (κ1) is 12.3. The largest absolute Gasteiger partial charge is 0.357 e. The summed E-state index contributed by atoms with van der Waals surface area (Å²) in [6.07, 6.45) is 10.0. The summed E-state index contributed by atoms with van der Waals surface area (Å²) in [5, 5.41) is 7.37. The normalized spacial score (nSPS) is 15.3. The summed E-state index contributed by atoms with van der Waals surface area (Å²) in [5.74, 6) is 0. The second-order valence-electron chi connectivity index (χ2n) is 4.86. The van der Waals surface area contributed by atoms with Crippen LogP contribution in [-0.2, 0) is 6.54 Å². The average Bonchev–Trinajstić information content (AvgIpc) is 2.98. The van der Waals surface area contributed by atoms with Crippen molar-refractivity contribution in [2.45, 2.75) is 26.3 Å². The molecule has 0 saturated carbocycles. The van der Waals surface area contributed by atoms with Crippen LogP contribution < -0.4 is 10.6 Å². The summed E-state index contributed by atoms with van der Waals surface area (Å²) in [7, 11) is 0. The molecule has 3 rings (SSSR count). The van der Waals surface area contributed by atoms with Crippen molar-refractivity contribution in [1.82, 2.24) is 14.8 Å². The molecule has 4 heteroatoms. The number of aromatic amines is 1. The first-order valence-corrected chi connectivity index (χ1v) is 6.82. The van der Waals surface area contributed by atoms with E-state index in [4.69, 9.17) is 11.6 Å². The number of allylic oxidation sites excluding steroid dienone is 2.